The standard InChI is InChI=1S/C28H32N4O6/c1-17(2)13-24(30-26(33)16-37-27-18(3)7-6-8-19(27)4)28(34)31-29-15-22-10-12-25(38-22)23-11-9-21(32(35)36)14-20(23)5/h6-12,14-15,17,24H,13,16H2,1-5H3,(H,30,33)(H,31,34)/b29-15-/t24-/m1/s1. The Morgan fingerprint density at radius 1 is 1.08 bits per heavy atom. The lowest BCUT2D eigenvalue weighted by Gasteiger charge is -2.19. The van der Waals surface area contributed by atoms with E-state index in [0.29, 0.717) is 34.8 Å². The number of aryl methyl sites for hydroxylation is 3. The Hall–Kier alpha value is -4.47. The van der Waals surface area contributed by atoms with Gasteiger partial charge < -0.3 is 14.5 Å². The van der Waals surface area contributed by atoms with Crippen molar-refractivity contribution in [2.45, 2.75) is 47.1 Å². The van der Waals surface area contributed by atoms with Gasteiger partial charge in [0.05, 0.1) is 11.1 Å². The van der Waals surface area contributed by atoms with Crippen molar-refractivity contribution in [3.63, 3.8) is 0 Å². The number of benzene rings is 2. The van der Waals surface area contributed by atoms with Crippen molar-refractivity contribution in [2.75, 3.05) is 6.61 Å². The molecule has 3 rings (SSSR count). The average molecular weight is 521 g/mol. The monoisotopic (exact) mass is 520 g/mol. The van der Waals surface area contributed by atoms with Crippen LogP contribution >= 0.6 is 0 Å². The number of ether oxygens (including phenoxy) is 1. The van der Waals surface area contributed by atoms with E-state index in [0.717, 1.165) is 11.1 Å². The Morgan fingerprint density at radius 2 is 1.79 bits per heavy atom. The summed E-state index contributed by atoms with van der Waals surface area (Å²) < 4.78 is 11.5. The van der Waals surface area contributed by atoms with E-state index < -0.39 is 22.8 Å². The Bertz CT molecular complexity index is 1320. The van der Waals surface area contributed by atoms with Gasteiger partial charge in [0.2, 0.25) is 0 Å². The second-order valence-electron chi connectivity index (χ2n) is 9.45. The summed E-state index contributed by atoms with van der Waals surface area (Å²) in [5.74, 6) is 0.814. The molecule has 10 nitrogen and oxygen atoms in total. The van der Waals surface area contributed by atoms with Crippen LogP contribution in [0.5, 0.6) is 5.75 Å². The molecular weight excluding hydrogens is 488 g/mol. The second-order valence-corrected chi connectivity index (χ2v) is 9.45. The minimum Gasteiger partial charge on any atom is -0.483 e. The van der Waals surface area contributed by atoms with Gasteiger partial charge in [-0.1, -0.05) is 32.0 Å². The average Bonchev–Trinajstić information content (AvgIpc) is 3.31. The molecule has 38 heavy (non-hydrogen) atoms. The van der Waals surface area contributed by atoms with Gasteiger partial charge in [0.1, 0.15) is 23.3 Å². The SMILES string of the molecule is Cc1cc([N+](=O)[O-])ccc1-c1ccc(/C=N\NC(=O)[C@@H](CC(C)C)NC(=O)COc2c(C)cccc2C)o1. The molecule has 0 fully saturated rings. The zero-order chi connectivity index (χ0) is 27.8. The van der Waals surface area contributed by atoms with Gasteiger partial charge in [0, 0.05) is 17.7 Å². The molecule has 1 aromatic heterocycles. The molecule has 0 spiro atoms. The zero-order valence-corrected chi connectivity index (χ0v) is 22.1. The van der Waals surface area contributed by atoms with Crippen LogP contribution in [0.2, 0.25) is 0 Å². The Kier molecular flexibility index (Phi) is 9.37. The maximum Gasteiger partial charge on any atom is 0.269 e. The fourth-order valence-corrected chi connectivity index (χ4v) is 3.95. The molecule has 0 saturated carbocycles. The largest absolute Gasteiger partial charge is 0.483 e. The maximum absolute atomic E-state index is 12.8. The number of nitro groups is 1. The van der Waals surface area contributed by atoms with Crippen LogP contribution in [0.25, 0.3) is 11.3 Å². The normalized spacial score (nSPS) is 11.9. The number of carbonyl (C=O) groups is 2. The van der Waals surface area contributed by atoms with Gasteiger partial charge >= 0.3 is 0 Å². The van der Waals surface area contributed by atoms with Crippen molar-refractivity contribution < 1.29 is 23.7 Å². The molecule has 0 aliphatic carbocycles. The lowest BCUT2D eigenvalue weighted by atomic mass is 10.0. The minimum atomic E-state index is -0.795. The molecule has 200 valence electrons. The Balaban J connectivity index is 1.60. The molecule has 10 heteroatoms. The quantitative estimate of drug-likeness (QED) is 0.211. The highest BCUT2D eigenvalue weighted by atomic mass is 16.6. The van der Waals surface area contributed by atoms with Crippen LogP contribution in [-0.4, -0.2) is 35.6 Å². The molecule has 0 aliphatic heterocycles. The van der Waals surface area contributed by atoms with Crippen molar-refractivity contribution in [2.24, 2.45) is 11.0 Å². The summed E-state index contributed by atoms with van der Waals surface area (Å²) >= 11 is 0. The van der Waals surface area contributed by atoms with E-state index in [1.54, 1.807) is 25.1 Å². The van der Waals surface area contributed by atoms with Gasteiger partial charge in [0.15, 0.2) is 6.61 Å². The molecule has 3 aromatic rings. The van der Waals surface area contributed by atoms with E-state index in [4.69, 9.17) is 9.15 Å². The summed E-state index contributed by atoms with van der Waals surface area (Å²) in [6.45, 7) is 9.26. The number of nitrogens with one attached hydrogen (secondary N) is 2. The third-order valence-electron chi connectivity index (χ3n) is 5.79. The lowest BCUT2D eigenvalue weighted by Crippen LogP contribution is -2.47. The molecule has 0 saturated heterocycles. The smallest absolute Gasteiger partial charge is 0.269 e. The number of nitro benzene ring substituents is 1. The zero-order valence-electron chi connectivity index (χ0n) is 22.1. The maximum atomic E-state index is 12.8. The van der Waals surface area contributed by atoms with E-state index in [2.05, 4.69) is 15.8 Å². The fourth-order valence-electron chi connectivity index (χ4n) is 3.95. The molecule has 1 heterocycles. The minimum absolute atomic E-state index is 0.00204. The number of para-hydroxylation sites is 1. The lowest BCUT2D eigenvalue weighted by molar-refractivity contribution is -0.384. The van der Waals surface area contributed by atoms with Gasteiger partial charge in [-0.2, -0.15) is 5.10 Å². The number of nitrogens with zero attached hydrogens (tertiary/aromatic N) is 2. The van der Waals surface area contributed by atoms with Crippen LogP contribution in [0.3, 0.4) is 0 Å². The highest BCUT2D eigenvalue weighted by Crippen LogP contribution is 2.28. The van der Waals surface area contributed by atoms with Gasteiger partial charge in [-0.15, -0.1) is 0 Å². The number of hydrogen-bond acceptors (Lipinski definition) is 7. The Labute approximate surface area is 221 Å². The van der Waals surface area contributed by atoms with Gasteiger partial charge in [-0.25, -0.2) is 5.43 Å². The molecule has 0 unspecified atom stereocenters. The molecular formula is C28H32N4O6. The first-order valence-electron chi connectivity index (χ1n) is 12.2. The molecule has 1 atom stereocenters. The van der Waals surface area contributed by atoms with Crippen molar-refractivity contribution in [1.29, 1.82) is 0 Å². The summed E-state index contributed by atoms with van der Waals surface area (Å²) in [6, 6.07) is 12.8. The van der Waals surface area contributed by atoms with Crippen LogP contribution in [0.15, 0.2) is 58.0 Å². The van der Waals surface area contributed by atoms with Crippen LogP contribution in [0, 0.1) is 36.8 Å². The molecule has 2 N–H and O–H groups in total. The highest BCUT2D eigenvalue weighted by Gasteiger charge is 2.22. The Morgan fingerprint density at radius 3 is 2.42 bits per heavy atom. The van der Waals surface area contributed by atoms with Crippen LogP contribution < -0.4 is 15.5 Å². The summed E-state index contributed by atoms with van der Waals surface area (Å²) in [7, 11) is 0. The third-order valence-corrected chi connectivity index (χ3v) is 5.79. The van der Waals surface area contributed by atoms with E-state index in [9.17, 15) is 19.7 Å². The third kappa shape index (κ3) is 7.52. The summed E-state index contributed by atoms with van der Waals surface area (Å²) in [6.07, 6.45) is 1.77. The first-order chi connectivity index (χ1) is 18.0. The molecule has 2 amide bonds. The number of rotatable bonds is 11. The first-order valence-corrected chi connectivity index (χ1v) is 12.2. The van der Waals surface area contributed by atoms with Crippen LogP contribution in [-0.2, 0) is 9.59 Å². The summed E-state index contributed by atoms with van der Waals surface area (Å²) in [4.78, 5) is 35.8. The van der Waals surface area contributed by atoms with E-state index in [-0.39, 0.29) is 18.2 Å². The number of amides is 2. The van der Waals surface area contributed by atoms with Crippen LogP contribution in [0.1, 0.15) is 42.7 Å². The van der Waals surface area contributed by atoms with Crippen molar-refractivity contribution in [3.8, 4) is 17.1 Å². The van der Waals surface area contributed by atoms with E-state index in [1.807, 2.05) is 45.9 Å². The van der Waals surface area contributed by atoms with Crippen molar-refractivity contribution in [1.82, 2.24) is 10.7 Å². The molecule has 0 bridgehead atoms. The predicted molar refractivity (Wildman–Crippen MR) is 144 cm³/mol. The number of carbonyl (C=O) groups excluding carboxylic acids is 2. The van der Waals surface area contributed by atoms with E-state index in [1.165, 1.54) is 18.3 Å². The number of non-ortho nitro benzene ring substituents is 1. The fraction of sp³-hybridized carbons (Fsp3) is 0.321. The molecule has 2 aromatic carbocycles. The summed E-state index contributed by atoms with van der Waals surface area (Å²) in [5.41, 5.74) is 5.71. The molecule has 0 aliphatic rings. The van der Waals surface area contributed by atoms with Gasteiger partial charge in [-0.05, 0) is 68.0 Å². The van der Waals surface area contributed by atoms with Crippen molar-refractivity contribution >= 4 is 23.7 Å². The van der Waals surface area contributed by atoms with Gasteiger partial charge in [0.25, 0.3) is 17.5 Å². The summed E-state index contributed by atoms with van der Waals surface area (Å²) in [5, 5.41) is 17.7. The number of hydrazone groups is 1. The topological polar surface area (TPSA) is 136 Å². The second kappa shape index (κ2) is 12.7. The molecule has 0 radical (unpaired) electrons. The highest BCUT2D eigenvalue weighted by molar-refractivity contribution is 5.89. The van der Waals surface area contributed by atoms with E-state index >= 15 is 0 Å². The van der Waals surface area contributed by atoms with Gasteiger partial charge in [-0.3, -0.25) is 19.7 Å². The first kappa shape index (κ1) is 28.1. The van der Waals surface area contributed by atoms with Crippen molar-refractivity contribution in [3.05, 3.63) is 81.1 Å². The predicted octanol–water partition coefficient (Wildman–Crippen LogP) is 4.84. The van der Waals surface area contributed by atoms with Crippen LogP contribution in [0.4, 0.5) is 5.69 Å². The number of furan rings is 1. The number of hydrogen-bond donors (Lipinski definition) is 2.